The number of esters is 1. The van der Waals surface area contributed by atoms with E-state index in [1.807, 2.05) is 0 Å². The van der Waals surface area contributed by atoms with Gasteiger partial charge in [0.2, 0.25) is 5.91 Å². The molecule has 0 unspecified atom stereocenters. The normalized spacial score (nSPS) is 9.81. The smallest absolute Gasteiger partial charge is 0.316 e. The van der Waals surface area contributed by atoms with Gasteiger partial charge in [-0.2, -0.15) is 0 Å². The third-order valence-corrected chi connectivity index (χ3v) is 3.38. The van der Waals surface area contributed by atoms with Crippen LogP contribution in [0.25, 0.3) is 0 Å². The zero-order chi connectivity index (χ0) is 15.7. The predicted octanol–water partition coefficient (Wildman–Crippen LogP) is 1.30. The van der Waals surface area contributed by atoms with Gasteiger partial charge in [-0.15, -0.1) is 11.8 Å². The molecular weight excluding hydrogens is 316 g/mol. The molecule has 8 heteroatoms. The highest BCUT2D eigenvalue weighted by Gasteiger charge is 2.08. The molecule has 6 nitrogen and oxygen atoms in total. The number of carbonyl (C=O) groups excluding carboxylic acids is 3. The number of hydrogen-bond acceptors (Lipinski definition) is 5. The molecule has 2 amide bonds. The summed E-state index contributed by atoms with van der Waals surface area (Å²) in [4.78, 5) is 33.7. The van der Waals surface area contributed by atoms with Crippen molar-refractivity contribution in [2.75, 3.05) is 30.5 Å². The van der Waals surface area contributed by atoms with Crippen molar-refractivity contribution in [1.29, 1.82) is 0 Å². The van der Waals surface area contributed by atoms with Gasteiger partial charge in [-0.05, 0) is 24.3 Å². The van der Waals surface area contributed by atoms with Crippen LogP contribution in [0.3, 0.4) is 0 Å². The number of carbonyl (C=O) groups is 3. The average molecular weight is 331 g/mol. The van der Waals surface area contributed by atoms with Crippen LogP contribution in [0.15, 0.2) is 24.3 Å². The Bertz CT molecular complexity index is 507. The quantitative estimate of drug-likeness (QED) is 0.736. The maximum Gasteiger partial charge on any atom is 0.316 e. The lowest BCUT2D eigenvalue weighted by Gasteiger charge is -2.05. The standard InChI is InChI=1S/C13H15ClN2O4S/c1-15-11(17)6-20-13(19)8-21-7-12(18)16-10-4-2-9(14)3-5-10/h2-5H,6-8H2,1H3,(H,15,17)(H,16,18). The number of benzene rings is 1. The summed E-state index contributed by atoms with van der Waals surface area (Å²) >= 11 is 6.84. The van der Waals surface area contributed by atoms with E-state index in [-0.39, 0.29) is 29.9 Å². The van der Waals surface area contributed by atoms with Gasteiger partial charge in [0.05, 0.1) is 11.5 Å². The molecule has 0 radical (unpaired) electrons. The molecule has 114 valence electrons. The summed E-state index contributed by atoms with van der Waals surface area (Å²) in [6.07, 6.45) is 0. The SMILES string of the molecule is CNC(=O)COC(=O)CSCC(=O)Nc1ccc(Cl)cc1. The molecule has 0 aliphatic heterocycles. The summed E-state index contributed by atoms with van der Waals surface area (Å²) in [7, 11) is 1.45. The number of thioether (sulfide) groups is 1. The molecule has 0 aliphatic rings. The lowest BCUT2D eigenvalue weighted by molar-refractivity contribution is -0.145. The number of halogens is 1. The topological polar surface area (TPSA) is 84.5 Å². The van der Waals surface area contributed by atoms with Crippen LogP contribution in [-0.4, -0.2) is 42.9 Å². The number of ether oxygens (including phenoxy) is 1. The Morgan fingerprint density at radius 2 is 1.81 bits per heavy atom. The summed E-state index contributed by atoms with van der Waals surface area (Å²) in [5, 5.41) is 5.58. The number of anilines is 1. The number of rotatable bonds is 7. The summed E-state index contributed by atoms with van der Waals surface area (Å²) in [6, 6.07) is 6.70. The first-order chi connectivity index (χ1) is 10.0. The highest BCUT2D eigenvalue weighted by molar-refractivity contribution is 8.00. The average Bonchev–Trinajstić information content (AvgIpc) is 2.47. The Hall–Kier alpha value is -1.73. The Balaban J connectivity index is 2.20. The maximum atomic E-state index is 11.6. The number of hydrogen-bond donors (Lipinski definition) is 2. The molecule has 0 atom stereocenters. The van der Waals surface area contributed by atoms with Crippen LogP contribution in [0, 0.1) is 0 Å². The Morgan fingerprint density at radius 1 is 1.14 bits per heavy atom. The fourth-order valence-electron chi connectivity index (χ4n) is 1.22. The minimum atomic E-state index is -0.539. The number of amides is 2. The van der Waals surface area contributed by atoms with E-state index in [4.69, 9.17) is 11.6 Å². The van der Waals surface area contributed by atoms with Gasteiger partial charge in [0.1, 0.15) is 0 Å². The monoisotopic (exact) mass is 330 g/mol. The van der Waals surface area contributed by atoms with Gasteiger partial charge < -0.3 is 15.4 Å². The lowest BCUT2D eigenvalue weighted by Crippen LogP contribution is -2.25. The van der Waals surface area contributed by atoms with E-state index < -0.39 is 5.97 Å². The largest absolute Gasteiger partial charge is 0.455 e. The van der Waals surface area contributed by atoms with Crippen LogP contribution >= 0.6 is 23.4 Å². The van der Waals surface area contributed by atoms with Gasteiger partial charge in [-0.1, -0.05) is 11.6 Å². The predicted molar refractivity (Wildman–Crippen MR) is 82.4 cm³/mol. The molecule has 0 aliphatic carbocycles. The van der Waals surface area contributed by atoms with Gasteiger partial charge in [-0.3, -0.25) is 14.4 Å². The molecule has 21 heavy (non-hydrogen) atoms. The van der Waals surface area contributed by atoms with E-state index in [0.29, 0.717) is 10.7 Å². The van der Waals surface area contributed by atoms with Gasteiger partial charge in [0.15, 0.2) is 6.61 Å². The first-order valence-corrected chi connectivity index (χ1v) is 7.54. The van der Waals surface area contributed by atoms with E-state index in [0.717, 1.165) is 11.8 Å². The van der Waals surface area contributed by atoms with E-state index in [2.05, 4.69) is 15.4 Å². The summed E-state index contributed by atoms with van der Waals surface area (Å²) < 4.78 is 4.69. The molecular formula is C13H15ClN2O4S. The highest BCUT2D eigenvalue weighted by Crippen LogP contribution is 2.13. The molecule has 0 saturated heterocycles. The molecule has 0 heterocycles. The number of nitrogens with one attached hydrogen (secondary N) is 2. The van der Waals surface area contributed by atoms with Gasteiger partial charge >= 0.3 is 5.97 Å². The fraction of sp³-hybridized carbons (Fsp3) is 0.308. The van der Waals surface area contributed by atoms with Crippen molar-refractivity contribution < 1.29 is 19.1 Å². The van der Waals surface area contributed by atoms with Crippen LogP contribution in [0.2, 0.25) is 5.02 Å². The molecule has 0 saturated carbocycles. The molecule has 1 aromatic carbocycles. The maximum absolute atomic E-state index is 11.6. The van der Waals surface area contributed by atoms with Crippen molar-refractivity contribution in [3.05, 3.63) is 29.3 Å². The molecule has 2 N–H and O–H groups in total. The molecule has 1 aromatic rings. The minimum absolute atomic E-state index is 0.00499. The van der Waals surface area contributed by atoms with Crippen molar-refractivity contribution in [3.63, 3.8) is 0 Å². The van der Waals surface area contributed by atoms with Crippen LogP contribution in [0.5, 0.6) is 0 Å². The Kier molecular flexibility index (Phi) is 7.63. The van der Waals surface area contributed by atoms with Crippen molar-refractivity contribution in [1.82, 2.24) is 5.32 Å². The van der Waals surface area contributed by atoms with Crippen molar-refractivity contribution in [3.8, 4) is 0 Å². The van der Waals surface area contributed by atoms with Crippen LogP contribution in [0.4, 0.5) is 5.69 Å². The molecule has 0 spiro atoms. The van der Waals surface area contributed by atoms with Gasteiger partial charge in [-0.25, -0.2) is 0 Å². The van der Waals surface area contributed by atoms with E-state index in [9.17, 15) is 14.4 Å². The summed E-state index contributed by atoms with van der Waals surface area (Å²) in [5.41, 5.74) is 0.632. The lowest BCUT2D eigenvalue weighted by atomic mass is 10.3. The fourth-order valence-corrected chi connectivity index (χ4v) is 1.95. The van der Waals surface area contributed by atoms with Crippen LogP contribution in [0.1, 0.15) is 0 Å². The number of likely N-dealkylation sites (N-methyl/N-ethyl adjacent to an activating group) is 1. The zero-order valence-electron chi connectivity index (χ0n) is 11.3. The van der Waals surface area contributed by atoms with Crippen LogP contribution in [-0.2, 0) is 19.1 Å². The van der Waals surface area contributed by atoms with E-state index in [1.165, 1.54) is 7.05 Å². The highest BCUT2D eigenvalue weighted by atomic mass is 35.5. The summed E-state index contributed by atoms with van der Waals surface area (Å²) in [5.74, 6) is -1.04. The van der Waals surface area contributed by atoms with Crippen molar-refractivity contribution in [2.45, 2.75) is 0 Å². The first-order valence-electron chi connectivity index (χ1n) is 6.00. The van der Waals surface area contributed by atoms with E-state index >= 15 is 0 Å². The Morgan fingerprint density at radius 3 is 2.43 bits per heavy atom. The first kappa shape index (κ1) is 17.3. The van der Waals surface area contributed by atoms with Crippen molar-refractivity contribution >= 4 is 46.8 Å². The molecule has 0 fully saturated rings. The van der Waals surface area contributed by atoms with Gasteiger partial charge in [0, 0.05) is 17.8 Å². The zero-order valence-corrected chi connectivity index (χ0v) is 12.9. The third-order valence-electron chi connectivity index (χ3n) is 2.22. The Labute approximate surface area is 131 Å². The van der Waals surface area contributed by atoms with Gasteiger partial charge in [0.25, 0.3) is 5.91 Å². The second-order valence-electron chi connectivity index (χ2n) is 3.88. The van der Waals surface area contributed by atoms with E-state index in [1.54, 1.807) is 24.3 Å². The molecule has 1 rings (SSSR count). The molecule has 0 aromatic heterocycles. The second kappa shape index (κ2) is 9.25. The third kappa shape index (κ3) is 7.57. The molecule has 0 bridgehead atoms. The van der Waals surface area contributed by atoms with Crippen molar-refractivity contribution in [2.24, 2.45) is 0 Å². The van der Waals surface area contributed by atoms with Crippen LogP contribution < -0.4 is 10.6 Å². The summed E-state index contributed by atoms with van der Waals surface area (Å²) in [6.45, 7) is -0.313. The second-order valence-corrected chi connectivity index (χ2v) is 5.30. The minimum Gasteiger partial charge on any atom is -0.455 e.